The van der Waals surface area contributed by atoms with E-state index in [-0.39, 0.29) is 17.9 Å². The molecule has 1 aromatic rings. The van der Waals surface area contributed by atoms with Gasteiger partial charge in [0.05, 0.1) is 5.01 Å². The quantitative estimate of drug-likeness (QED) is 0.744. The Morgan fingerprint density at radius 1 is 1.28 bits per heavy atom. The summed E-state index contributed by atoms with van der Waals surface area (Å²) in [5.41, 5.74) is -0.572. The Labute approximate surface area is 177 Å². The molecule has 2 fully saturated rings. The number of carbonyl (C=O) groups excluding carboxylic acids is 2. The molecule has 0 radical (unpaired) electrons. The van der Waals surface area contributed by atoms with Gasteiger partial charge >= 0.3 is 6.09 Å². The molecular formula is C22H31N3O3S. The fraction of sp³-hybridized carbons (Fsp3) is 0.682. The van der Waals surface area contributed by atoms with Crippen LogP contribution in [-0.4, -0.2) is 46.1 Å². The maximum Gasteiger partial charge on any atom is 0.410 e. The molecule has 3 rings (SSSR count). The summed E-state index contributed by atoms with van der Waals surface area (Å²) in [4.78, 5) is 31.3. The highest BCUT2D eigenvalue weighted by Gasteiger charge is 2.33. The number of ether oxygens (including phenoxy) is 1. The average Bonchev–Trinajstić information content (AvgIpc) is 3.18. The van der Waals surface area contributed by atoms with Gasteiger partial charge in [0.25, 0.3) is 5.91 Å². The Morgan fingerprint density at radius 3 is 2.52 bits per heavy atom. The molecule has 0 unspecified atom stereocenters. The number of nitrogens with one attached hydrogen (secondary N) is 1. The highest BCUT2D eigenvalue weighted by molar-refractivity contribution is 7.09. The molecule has 0 bridgehead atoms. The summed E-state index contributed by atoms with van der Waals surface area (Å²) in [5, 5.41) is 5.83. The Morgan fingerprint density at radius 2 is 1.93 bits per heavy atom. The fourth-order valence-corrected chi connectivity index (χ4v) is 4.93. The van der Waals surface area contributed by atoms with E-state index < -0.39 is 11.1 Å². The van der Waals surface area contributed by atoms with E-state index in [0.717, 1.165) is 43.5 Å². The normalized spacial score (nSPS) is 20.0. The number of rotatable bonds is 3. The van der Waals surface area contributed by atoms with Gasteiger partial charge in [-0.15, -0.1) is 17.8 Å². The van der Waals surface area contributed by atoms with Gasteiger partial charge < -0.3 is 15.0 Å². The second kappa shape index (κ2) is 8.74. The number of amides is 2. The molecule has 2 amide bonds. The summed E-state index contributed by atoms with van der Waals surface area (Å²) in [6, 6.07) is 0. The van der Waals surface area contributed by atoms with Crippen molar-refractivity contribution in [3.63, 3.8) is 0 Å². The van der Waals surface area contributed by atoms with Crippen molar-refractivity contribution in [3.05, 3.63) is 16.1 Å². The van der Waals surface area contributed by atoms with Crippen LogP contribution in [0.15, 0.2) is 5.38 Å². The molecule has 2 aliphatic rings. The van der Waals surface area contributed by atoms with Gasteiger partial charge in [-0.3, -0.25) is 4.79 Å². The molecule has 0 aromatic carbocycles. The zero-order valence-corrected chi connectivity index (χ0v) is 18.4. The van der Waals surface area contributed by atoms with E-state index in [2.05, 4.69) is 16.2 Å². The fourth-order valence-electron chi connectivity index (χ4n) is 3.96. The van der Waals surface area contributed by atoms with E-state index in [1.54, 1.807) is 4.90 Å². The molecule has 158 valence electrons. The van der Waals surface area contributed by atoms with Crippen LogP contribution in [-0.2, 0) is 4.74 Å². The maximum absolute atomic E-state index is 12.7. The third-order valence-electron chi connectivity index (χ3n) is 5.59. The lowest BCUT2D eigenvalue weighted by Gasteiger charge is -2.33. The molecule has 1 N–H and O–H groups in total. The third kappa shape index (κ3) is 5.51. The molecule has 1 aromatic heterocycles. The number of hydrogen-bond donors (Lipinski definition) is 1. The van der Waals surface area contributed by atoms with Crippen LogP contribution >= 0.6 is 11.3 Å². The van der Waals surface area contributed by atoms with Gasteiger partial charge in [-0.1, -0.05) is 25.2 Å². The minimum atomic E-state index is -0.530. The van der Waals surface area contributed by atoms with Gasteiger partial charge in [-0.25, -0.2) is 9.78 Å². The molecule has 29 heavy (non-hydrogen) atoms. The lowest BCUT2D eigenvalue weighted by molar-refractivity contribution is 0.0204. The molecule has 0 atom stereocenters. The van der Waals surface area contributed by atoms with Crippen LogP contribution in [0, 0.1) is 12.3 Å². The van der Waals surface area contributed by atoms with Gasteiger partial charge in [-0.2, -0.15) is 0 Å². The molecule has 7 heteroatoms. The van der Waals surface area contributed by atoms with Crippen molar-refractivity contribution in [2.45, 2.75) is 82.8 Å². The van der Waals surface area contributed by atoms with Crippen molar-refractivity contribution >= 4 is 23.3 Å². The van der Waals surface area contributed by atoms with E-state index in [9.17, 15) is 9.59 Å². The SMILES string of the molecule is C#CC1(NC(=O)c2csc(C3CCN(C(=O)OC(C)(C)C)CC3)n2)CCCCC1. The lowest BCUT2D eigenvalue weighted by Crippen LogP contribution is -2.48. The predicted molar refractivity (Wildman–Crippen MR) is 114 cm³/mol. The van der Waals surface area contributed by atoms with Gasteiger partial charge in [0, 0.05) is 24.4 Å². The lowest BCUT2D eigenvalue weighted by atomic mass is 9.82. The Balaban J connectivity index is 1.56. The predicted octanol–water partition coefficient (Wildman–Crippen LogP) is 4.32. The second-order valence-corrected chi connectivity index (χ2v) is 9.94. The number of likely N-dealkylation sites (tertiary alicyclic amines) is 1. The Hall–Kier alpha value is -2.07. The number of aromatic nitrogens is 1. The molecule has 2 heterocycles. The first-order chi connectivity index (χ1) is 13.7. The first-order valence-electron chi connectivity index (χ1n) is 10.4. The number of piperidine rings is 1. The smallest absolute Gasteiger partial charge is 0.410 e. The van der Waals surface area contributed by atoms with E-state index >= 15 is 0 Å². The molecule has 1 aliphatic heterocycles. The van der Waals surface area contributed by atoms with Gasteiger partial charge in [0.2, 0.25) is 0 Å². The summed E-state index contributed by atoms with van der Waals surface area (Å²) in [6.45, 7) is 6.90. The van der Waals surface area contributed by atoms with Crippen molar-refractivity contribution in [1.82, 2.24) is 15.2 Å². The van der Waals surface area contributed by atoms with Crippen LogP contribution in [0.5, 0.6) is 0 Å². The van der Waals surface area contributed by atoms with Crippen molar-refractivity contribution in [3.8, 4) is 12.3 Å². The van der Waals surface area contributed by atoms with Gasteiger partial charge in [0.1, 0.15) is 16.8 Å². The molecule has 0 spiro atoms. The standard InChI is InChI=1S/C22H31N3O3S/c1-5-22(11-7-6-8-12-22)24-18(26)17-15-29-19(23-17)16-9-13-25(14-10-16)20(27)28-21(2,3)4/h1,15-16H,6-14H2,2-4H3,(H,24,26). The highest BCUT2D eigenvalue weighted by Crippen LogP contribution is 2.32. The van der Waals surface area contributed by atoms with Crippen LogP contribution in [0.2, 0.25) is 0 Å². The molecule has 1 aliphatic carbocycles. The first-order valence-corrected chi connectivity index (χ1v) is 11.3. The zero-order chi connectivity index (χ0) is 21.1. The van der Waals surface area contributed by atoms with E-state index in [4.69, 9.17) is 11.2 Å². The monoisotopic (exact) mass is 417 g/mol. The Bertz CT molecular complexity index is 776. The van der Waals surface area contributed by atoms with E-state index in [1.165, 1.54) is 17.8 Å². The van der Waals surface area contributed by atoms with Gasteiger partial charge in [0.15, 0.2) is 0 Å². The summed E-state index contributed by atoms with van der Waals surface area (Å²) in [6.07, 6.45) is 12.0. The van der Waals surface area contributed by atoms with Crippen molar-refractivity contribution in [2.24, 2.45) is 0 Å². The van der Waals surface area contributed by atoms with E-state index in [0.29, 0.717) is 18.8 Å². The second-order valence-electron chi connectivity index (χ2n) is 9.05. The molecule has 1 saturated carbocycles. The van der Waals surface area contributed by atoms with Crippen LogP contribution in [0.1, 0.15) is 87.1 Å². The molecule has 1 saturated heterocycles. The summed E-state index contributed by atoms with van der Waals surface area (Å²) in [7, 11) is 0. The van der Waals surface area contributed by atoms with Crippen molar-refractivity contribution in [1.29, 1.82) is 0 Å². The molecule has 6 nitrogen and oxygen atoms in total. The topological polar surface area (TPSA) is 71.5 Å². The largest absolute Gasteiger partial charge is 0.444 e. The zero-order valence-electron chi connectivity index (χ0n) is 17.6. The van der Waals surface area contributed by atoms with E-state index in [1.807, 2.05) is 26.2 Å². The van der Waals surface area contributed by atoms with Crippen LogP contribution in [0.3, 0.4) is 0 Å². The number of hydrogen-bond acceptors (Lipinski definition) is 5. The number of terminal acetylenes is 1. The molecular weight excluding hydrogens is 386 g/mol. The summed E-state index contributed by atoms with van der Waals surface area (Å²) in [5.74, 6) is 2.89. The number of nitrogens with zero attached hydrogens (tertiary/aromatic N) is 2. The maximum atomic E-state index is 12.7. The Kier molecular flexibility index (Phi) is 6.52. The van der Waals surface area contributed by atoms with Crippen LogP contribution in [0.4, 0.5) is 4.79 Å². The summed E-state index contributed by atoms with van der Waals surface area (Å²) < 4.78 is 5.45. The highest BCUT2D eigenvalue weighted by atomic mass is 32.1. The first kappa shape index (κ1) is 21.6. The minimum Gasteiger partial charge on any atom is -0.444 e. The van der Waals surface area contributed by atoms with Gasteiger partial charge in [-0.05, 0) is 46.5 Å². The van der Waals surface area contributed by atoms with Crippen LogP contribution < -0.4 is 5.32 Å². The van der Waals surface area contributed by atoms with Crippen molar-refractivity contribution < 1.29 is 14.3 Å². The summed E-state index contributed by atoms with van der Waals surface area (Å²) >= 11 is 1.51. The number of carbonyl (C=O) groups is 2. The van der Waals surface area contributed by atoms with Crippen molar-refractivity contribution in [2.75, 3.05) is 13.1 Å². The third-order valence-corrected chi connectivity index (χ3v) is 6.59. The van der Waals surface area contributed by atoms with Crippen LogP contribution in [0.25, 0.3) is 0 Å². The minimum absolute atomic E-state index is 0.182. The number of thiazole rings is 1. The average molecular weight is 418 g/mol.